The van der Waals surface area contributed by atoms with E-state index in [9.17, 15) is 5.11 Å². The quantitative estimate of drug-likeness (QED) is 0.360. The van der Waals surface area contributed by atoms with Gasteiger partial charge in [-0.1, -0.05) is 54.6 Å². The maximum atomic E-state index is 9.38. The SMILES string of the molecule is CC(C)n1cnc2c(NCc3ccc(-c4ccccc4)cc3)nc(N3CCNC(CCO)C3)nc21. The third kappa shape index (κ3) is 5.13. The molecule has 4 aromatic rings. The van der Waals surface area contributed by atoms with E-state index in [0.29, 0.717) is 18.9 Å². The van der Waals surface area contributed by atoms with Crippen LogP contribution in [0.15, 0.2) is 60.9 Å². The van der Waals surface area contributed by atoms with Gasteiger partial charge < -0.3 is 25.2 Å². The molecule has 3 N–H and O–H groups in total. The van der Waals surface area contributed by atoms with Crippen LogP contribution < -0.4 is 15.5 Å². The second kappa shape index (κ2) is 10.4. The van der Waals surface area contributed by atoms with Crippen LogP contribution in [0, 0.1) is 0 Å². The highest BCUT2D eigenvalue weighted by Gasteiger charge is 2.23. The molecule has 8 heteroatoms. The number of rotatable bonds is 8. The van der Waals surface area contributed by atoms with E-state index in [2.05, 4.69) is 87.5 Å². The molecule has 3 heterocycles. The molecule has 1 aliphatic heterocycles. The molecule has 2 aromatic heterocycles. The van der Waals surface area contributed by atoms with Gasteiger partial charge in [-0.2, -0.15) is 9.97 Å². The Bertz CT molecular complexity index is 1250. The molecule has 1 aliphatic rings. The van der Waals surface area contributed by atoms with E-state index in [1.54, 1.807) is 0 Å². The van der Waals surface area contributed by atoms with Crippen molar-refractivity contribution in [2.24, 2.45) is 0 Å². The fraction of sp³-hybridized carbons (Fsp3) is 0.370. The molecule has 1 atom stereocenters. The number of hydrogen-bond donors (Lipinski definition) is 3. The number of nitrogens with one attached hydrogen (secondary N) is 2. The van der Waals surface area contributed by atoms with Gasteiger partial charge in [0.05, 0.1) is 6.33 Å². The van der Waals surface area contributed by atoms with Crippen LogP contribution >= 0.6 is 0 Å². The first-order valence-corrected chi connectivity index (χ1v) is 12.3. The van der Waals surface area contributed by atoms with Gasteiger partial charge in [0.25, 0.3) is 0 Å². The lowest BCUT2D eigenvalue weighted by Gasteiger charge is -2.33. The van der Waals surface area contributed by atoms with E-state index in [-0.39, 0.29) is 18.7 Å². The number of aliphatic hydroxyl groups excluding tert-OH is 1. The van der Waals surface area contributed by atoms with Gasteiger partial charge >= 0.3 is 0 Å². The summed E-state index contributed by atoms with van der Waals surface area (Å²) in [5.74, 6) is 1.44. The van der Waals surface area contributed by atoms with Crippen molar-refractivity contribution in [2.75, 3.05) is 36.5 Å². The minimum absolute atomic E-state index is 0.168. The van der Waals surface area contributed by atoms with Crippen molar-refractivity contribution in [1.29, 1.82) is 0 Å². The number of fused-ring (bicyclic) bond motifs is 1. The molecule has 0 saturated carbocycles. The average Bonchev–Trinajstić information content (AvgIpc) is 3.33. The van der Waals surface area contributed by atoms with Gasteiger partial charge in [-0.05, 0) is 37.0 Å². The lowest BCUT2D eigenvalue weighted by atomic mass is 10.0. The second-order valence-corrected chi connectivity index (χ2v) is 9.32. The van der Waals surface area contributed by atoms with Gasteiger partial charge in [0.1, 0.15) is 0 Å². The minimum Gasteiger partial charge on any atom is -0.396 e. The van der Waals surface area contributed by atoms with Crippen LogP contribution in [0.4, 0.5) is 11.8 Å². The van der Waals surface area contributed by atoms with Gasteiger partial charge in [-0.15, -0.1) is 0 Å². The number of imidazole rings is 1. The summed E-state index contributed by atoms with van der Waals surface area (Å²) < 4.78 is 2.09. The summed E-state index contributed by atoms with van der Waals surface area (Å²) in [5, 5.41) is 16.4. The van der Waals surface area contributed by atoms with E-state index < -0.39 is 0 Å². The van der Waals surface area contributed by atoms with E-state index in [4.69, 9.17) is 9.97 Å². The van der Waals surface area contributed by atoms with Crippen LogP contribution in [0.2, 0.25) is 0 Å². The Labute approximate surface area is 206 Å². The molecule has 2 aromatic carbocycles. The summed E-state index contributed by atoms with van der Waals surface area (Å²) in [6, 6.07) is 19.5. The van der Waals surface area contributed by atoms with Crippen molar-refractivity contribution in [3.8, 4) is 11.1 Å². The number of benzene rings is 2. The highest BCUT2D eigenvalue weighted by atomic mass is 16.3. The topological polar surface area (TPSA) is 91.1 Å². The monoisotopic (exact) mass is 471 g/mol. The summed E-state index contributed by atoms with van der Waals surface area (Å²) in [6.45, 7) is 7.50. The number of hydrogen-bond acceptors (Lipinski definition) is 7. The normalized spacial score (nSPS) is 16.2. The lowest BCUT2D eigenvalue weighted by Crippen LogP contribution is -2.51. The first-order chi connectivity index (χ1) is 17.1. The minimum atomic E-state index is 0.168. The molecule has 0 bridgehead atoms. The maximum absolute atomic E-state index is 9.38. The summed E-state index contributed by atoms with van der Waals surface area (Å²) in [4.78, 5) is 16.7. The van der Waals surface area contributed by atoms with Crippen LogP contribution in [0.5, 0.6) is 0 Å². The third-order valence-corrected chi connectivity index (χ3v) is 6.50. The van der Waals surface area contributed by atoms with Crippen LogP contribution in [0.3, 0.4) is 0 Å². The fourth-order valence-electron chi connectivity index (χ4n) is 4.54. The highest BCUT2D eigenvalue weighted by Crippen LogP contribution is 2.26. The van der Waals surface area contributed by atoms with Crippen molar-refractivity contribution < 1.29 is 5.11 Å². The van der Waals surface area contributed by atoms with Crippen LogP contribution in [-0.4, -0.2) is 56.9 Å². The van der Waals surface area contributed by atoms with E-state index in [1.165, 1.54) is 16.7 Å². The molecule has 8 nitrogen and oxygen atoms in total. The van der Waals surface area contributed by atoms with Crippen molar-refractivity contribution in [3.63, 3.8) is 0 Å². The van der Waals surface area contributed by atoms with Crippen LogP contribution in [-0.2, 0) is 6.54 Å². The molecule has 0 aliphatic carbocycles. The number of aromatic nitrogens is 4. The Kier molecular flexibility index (Phi) is 6.92. The zero-order chi connectivity index (χ0) is 24.2. The van der Waals surface area contributed by atoms with E-state index in [0.717, 1.165) is 36.6 Å². The Hall–Kier alpha value is -3.49. The number of aliphatic hydroxyl groups is 1. The molecule has 0 amide bonds. The van der Waals surface area contributed by atoms with Gasteiger partial charge in [0.2, 0.25) is 5.95 Å². The third-order valence-electron chi connectivity index (χ3n) is 6.50. The van der Waals surface area contributed by atoms with E-state index >= 15 is 0 Å². The zero-order valence-electron chi connectivity index (χ0n) is 20.4. The predicted molar refractivity (Wildman–Crippen MR) is 141 cm³/mol. The standard InChI is InChI=1S/C27H33N7O/c1-19(2)34-18-30-24-25(29-16-20-8-10-22(11-9-20)21-6-4-3-5-7-21)31-27(32-26(24)34)33-14-13-28-23(17-33)12-15-35/h3-11,18-19,23,28,35H,12-17H2,1-2H3,(H,29,31,32). The van der Waals surface area contributed by atoms with Crippen LogP contribution in [0.1, 0.15) is 31.9 Å². The lowest BCUT2D eigenvalue weighted by molar-refractivity contribution is 0.260. The molecule has 0 radical (unpaired) electrons. The summed E-state index contributed by atoms with van der Waals surface area (Å²) >= 11 is 0. The molecule has 182 valence electrons. The Balaban J connectivity index is 1.40. The maximum Gasteiger partial charge on any atom is 0.229 e. The number of piperazine rings is 1. The van der Waals surface area contributed by atoms with Gasteiger partial charge in [-0.3, -0.25) is 0 Å². The molecule has 35 heavy (non-hydrogen) atoms. The molecule has 5 rings (SSSR count). The smallest absolute Gasteiger partial charge is 0.229 e. The van der Waals surface area contributed by atoms with Crippen LogP contribution in [0.25, 0.3) is 22.3 Å². The van der Waals surface area contributed by atoms with Gasteiger partial charge in [0, 0.05) is 44.9 Å². The van der Waals surface area contributed by atoms with Crippen molar-refractivity contribution >= 4 is 22.9 Å². The highest BCUT2D eigenvalue weighted by molar-refractivity contribution is 5.84. The largest absolute Gasteiger partial charge is 0.396 e. The second-order valence-electron chi connectivity index (χ2n) is 9.32. The predicted octanol–water partition coefficient (Wildman–Crippen LogP) is 3.85. The van der Waals surface area contributed by atoms with Gasteiger partial charge in [-0.25, -0.2) is 4.98 Å². The molecule has 1 unspecified atom stereocenters. The van der Waals surface area contributed by atoms with Gasteiger partial charge in [0.15, 0.2) is 17.0 Å². The van der Waals surface area contributed by atoms with Crippen molar-refractivity contribution in [3.05, 3.63) is 66.5 Å². The summed E-state index contributed by atoms with van der Waals surface area (Å²) in [7, 11) is 0. The fourth-order valence-corrected chi connectivity index (χ4v) is 4.54. The summed E-state index contributed by atoms with van der Waals surface area (Å²) in [5.41, 5.74) is 5.21. The average molecular weight is 472 g/mol. The van der Waals surface area contributed by atoms with E-state index in [1.807, 2.05) is 12.4 Å². The number of anilines is 2. The molecular formula is C27H33N7O. The molecule has 1 fully saturated rings. The summed E-state index contributed by atoms with van der Waals surface area (Å²) in [6.07, 6.45) is 2.56. The molecule has 1 saturated heterocycles. The molecule has 0 spiro atoms. The first-order valence-electron chi connectivity index (χ1n) is 12.3. The van der Waals surface area contributed by atoms with Crippen molar-refractivity contribution in [2.45, 2.75) is 38.9 Å². The zero-order valence-corrected chi connectivity index (χ0v) is 20.4. The Morgan fingerprint density at radius 1 is 1.06 bits per heavy atom. The first kappa shape index (κ1) is 23.3. The Morgan fingerprint density at radius 2 is 1.83 bits per heavy atom. The number of nitrogens with zero attached hydrogens (tertiary/aromatic N) is 5. The molecular weight excluding hydrogens is 438 g/mol. The Morgan fingerprint density at radius 3 is 2.57 bits per heavy atom. The van der Waals surface area contributed by atoms with Crippen molar-refractivity contribution in [1.82, 2.24) is 24.8 Å².